The standard InChI is InChI=1S/C16H12ClNO3S/c17-10-4-3-5-11(8-10)18-16(20)13-9-22(21)14-7-2-1-6-12(14)15(13)19/h1-8,19H,9H2,(H,18,20). The summed E-state index contributed by atoms with van der Waals surface area (Å²) < 4.78 is 12.2. The molecular formula is C16H12ClNO3S. The fraction of sp³-hybridized carbons (Fsp3) is 0.0625. The molecule has 0 saturated heterocycles. The van der Waals surface area contributed by atoms with Gasteiger partial charge in [0.15, 0.2) is 0 Å². The summed E-state index contributed by atoms with van der Waals surface area (Å²) in [7, 11) is -1.35. The number of amides is 1. The molecule has 22 heavy (non-hydrogen) atoms. The average molecular weight is 334 g/mol. The number of carbonyl (C=O) groups excluding carboxylic acids is 1. The summed E-state index contributed by atoms with van der Waals surface area (Å²) in [5.41, 5.74) is 1.06. The summed E-state index contributed by atoms with van der Waals surface area (Å²) in [6, 6.07) is 13.5. The number of aliphatic hydroxyl groups excluding tert-OH is 1. The minimum atomic E-state index is -1.35. The molecule has 0 aromatic heterocycles. The Balaban J connectivity index is 1.94. The zero-order valence-corrected chi connectivity index (χ0v) is 12.9. The molecule has 1 atom stereocenters. The fourth-order valence-electron chi connectivity index (χ4n) is 2.25. The first-order chi connectivity index (χ1) is 10.6. The Morgan fingerprint density at radius 2 is 1.95 bits per heavy atom. The number of halogens is 1. The molecule has 112 valence electrons. The highest BCUT2D eigenvalue weighted by Gasteiger charge is 2.27. The minimum Gasteiger partial charge on any atom is -0.507 e. The van der Waals surface area contributed by atoms with E-state index in [0.717, 1.165) is 0 Å². The molecule has 0 spiro atoms. The quantitative estimate of drug-likeness (QED) is 0.885. The third-order valence-corrected chi connectivity index (χ3v) is 4.94. The third kappa shape index (κ3) is 2.77. The van der Waals surface area contributed by atoms with E-state index in [9.17, 15) is 14.1 Å². The van der Waals surface area contributed by atoms with Gasteiger partial charge in [-0.15, -0.1) is 0 Å². The summed E-state index contributed by atoms with van der Waals surface area (Å²) in [5, 5.41) is 13.5. The number of hydrogen-bond donors (Lipinski definition) is 2. The van der Waals surface area contributed by atoms with Gasteiger partial charge in [-0.3, -0.25) is 9.00 Å². The number of rotatable bonds is 2. The molecule has 0 bridgehead atoms. The summed E-state index contributed by atoms with van der Waals surface area (Å²) >= 11 is 5.87. The van der Waals surface area contributed by atoms with Gasteiger partial charge in [-0.1, -0.05) is 35.9 Å². The summed E-state index contributed by atoms with van der Waals surface area (Å²) in [6.45, 7) is 0. The SMILES string of the molecule is O=C(Nc1cccc(Cl)c1)C1=C(O)c2ccccc2S(=O)C1. The van der Waals surface area contributed by atoms with Crippen molar-refractivity contribution in [2.45, 2.75) is 4.90 Å². The first-order valence-electron chi connectivity index (χ1n) is 6.53. The van der Waals surface area contributed by atoms with Crippen molar-refractivity contribution in [1.29, 1.82) is 0 Å². The second-order valence-electron chi connectivity index (χ2n) is 4.78. The van der Waals surface area contributed by atoms with Crippen molar-refractivity contribution in [2.24, 2.45) is 0 Å². The molecule has 6 heteroatoms. The van der Waals surface area contributed by atoms with Crippen LogP contribution in [0, 0.1) is 0 Å². The molecule has 2 aromatic rings. The van der Waals surface area contributed by atoms with E-state index in [1.54, 1.807) is 48.5 Å². The van der Waals surface area contributed by atoms with Crippen molar-refractivity contribution in [3.8, 4) is 0 Å². The summed E-state index contributed by atoms with van der Waals surface area (Å²) in [5.74, 6) is -0.632. The van der Waals surface area contributed by atoms with Crippen LogP contribution in [0.3, 0.4) is 0 Å². The van der Waals surface area contributed by atoms with Crippen molar-refractivity contribution in [3.63, 3.8) is 0 Å². The number of nitrogens with one attached hydrogen (secondary N) is 1. The normalized spacial score (nSPS) is 17.0. The average Bonchev–Trinajstić information content (AvgIpc) is 2.51. The lowest BCUT2D eigenvalue weighted by atomic mass is 10.1. The Labute approximate surface area is 134 Å². The van der Waals surface area contributed by atoms with E-state index in [2.05, 4.69) is 5.32 Å². The molecule has 1 aliphatic rings. The third-order valence-electron chi connectivity index (χ3n) is 3.31. The largest absolute Gasteiger partial charge is 0.507 e. The number of carbonyl (C=O) groups is 1. The van der Waals surface area contributed by atoms with Crippen molar-refractivity contribution in [1.82, 2.24) is 0 Å². The Hall–Kier alpha value is -2.11. The highest BCUT2D eigenvalue weighted by Crippen LogP contribution is 2.30. The van der Waals surface area contributed by atoms with E-state index < -0.39 is 16.7 Å². The number of fused-ring (bicyclic) bond motifs is 1. The maximum atomic E-state index is 12.3. The Morgan fingerprint density at radius 1 is 1.18 bits per heavy atom. The highest BCUT2D eigenvalue weighted by atomic mass is 35.5. The number of benzene rings is 2. The van der Waals surface area contributed by atoms with Crippen LogP contribution in [0.1, 0.15) is 5.56 Å². The van der Waals surface area contributed by atoms with Crippen LogP contribution in [0.2, 0.25) is 5.02 Å². The molecule has 1 heterocycles. The predicted octanol–water partition coefficient (Wildman–Crippen LogP) is 3.37. The highest BCUT2D eigenvalue weighted by molar-refractivity contribution is 7.85. The molecule has 2 aromatic carbocycles. The zero-order chi connectivity index (χ0) is 15.7. The van der Waals surface area contributed by atoms with Gasteiger partial charge in [0.25, 0.3) is 5.91 Å². The van der Waals surface area contributed by atoms with Crippen molar-refractivity contribution >= 4 is 39.8 Å². The lowest BCUT2D eigenvalue weighted by Crippen LogP contribution is -2.23. The van der Waals surface area contributed by atoms with Crippen LogP contribution in [0.5, 0.6) is 0 Å². The lowest BCUT2D eigenvalue weighted by molar-refractivity contribution is -0.112. The Kier molecular flexibility index (Phi) is 4.00. The van der Waals surface area contributed by atoms with Crippen molar-refractivity contribution in [2.75, 3.05) is 11.1 Å². The first-order valence-corrected chi connectivity index (χ1v) is 8.23. The van der Waals surface area contributed by atoms with Gasteiger partial charge < -0.3 is 10.4 Å². The van der Waals surface area contributed by atoms with Gasteiger partial charge in [0.2, 0.25) is 0 Å². The number of anilines is 1. The molecule has 0 fully saturated rings. The zero-order valence-electron chi connectivity index (χ0n) is 11.4. The smallest absolute Gasteiger partial charge is 0.256 e. The number of aliphatic hydroxyl groups is 1. The van der Waals surface area contributed by atoms with Gasteiger partial charge in [-0.2, -0.15) is 0 Å². The monoisotopic (exact) mass is 333 g/mol. The Bertz CT molecular complexity index is 817. The van der Waals surface area contributed by atoms with E-state index in [1.165, 1.54) is 0 Å². The van der Waals surface area contributed by atoms with Crippen LogP contribution in [0.15, 0.2) is 59.0 Å². The second kappa shape index (κ2) is 5.94. The molecule has 0 saturated carbocycles. The van der Waals surface area contributed by atoms with Crippen LogP contribution >= 0.6 is 11.6 Å². The van der Waals surface area contributed by atoms with E-state index in [4.69, 9.17) is 11.6 Å². The van der Waals surface area contributed by atoms with Crippen LogP contribution in [0.4, 0.5) is 5.69 Å². The van der Waals surface area contributed by atoms with E-state index in [-0.39, 0.29) is 17.1 Å². The predicted molar refractivity (Wildman–Crippen MR) is 87.3 cm³/mol. The van der Waals surface area contributed by atoms with Gasteiger partial charge in [0, 0.05) is 16.3 Å². The topological polar surface area (TPSA) is 66.4 Å². The first kappa shape index (κ1) is 14.8. The summed E-state index contributed by atoms with van der Waals surface area (Å²) in [6.07, 6.45) is 0. The fourth-order valence-corrected chi connectivity index (χ4v) is 3.76. The molecule has 2 N–H and O–H groups in total. The summed E-state index contributed by atoms with van der Waals surface area (Å²) in [4.78, 5) is 12.9. The molecule has 0 radical (unpaired) electrons. The van der Waals surface area contributed by atoms with Gasteiger partial charge in [0.1, 0.15) is 5.76 Å². The van der Waals surface area contributed by atoms with Gasteiger partial charge in [-0.05, 0) is 24.3 Å². The maximum absolute atomic E-state index is 12.3. The van der Waals surface area contributed by atoms with Gasteiger partial charge in [-0.25, -0.2) is 0 Å². The van der Waals surface area contributed by atoms with Gasteiger partial charge in [0.05, 0.1) is 27.0 Å². The van der Waals surface area contributed by atoms with Gasteiger partial charge >= 0.3 is 0 Å². The number of hydrogen-bond acceptors (Lipinski definition) is 3. The van der Waals surface area contributed by atoms with Crippen LogP contribution < -0.4 is 5.32 Å². The van der Waals surface area contributed by atoms with E-state index in [1.807, 2.05) is 0 Å². The molecular weight excluding hydrogens is 322 g/mol. The van der Waals surface area contributed by atoms with Crippen molar-refractivity contribution < 1.29 is 14.1 Å². The molecule has 1 unspecified atom stereocenters. The van der Waals surface area contributed by atoms with E-state index >= 15 is 0 Å². The maximum Gasteiger partial charge on any atom is 0.256 e. The molecule has 4 nitrogen and oxygen atoms in total. The van der Waals surface area contributed by atoms with E-state index in [0.29, 0.717) is 21.2 Å². The van der Waals surface area contributed by atoms with Crippen LogP contribution in [-0.4, -0.2) is 21.0 Å². The Morgan fingerprint density at radius 3 is 2.73 bits per heavy atom. The molecule has 1 amide bonds. The second-order valence-corrected chi connectivity index (χ2v) is 6.63. The minimum absolute atomic E-state index is 0.0186. The van der Waals surface area contributed by atoms with Crippen molar-refractivity contribution in [3.05, 3.63) is 64.7 Å². The molecule has 0 aliphatic carbocycles. The molecule has 1 aliphatic heterocycles. The lowest BCUT2D eigenvalue weighted by Gasteiger charge is -2.18. The van der Waals surface area contributed by atoms with Crippen LogP contribution in [0.25, 0.3) is 5.76 Å². The molecule has 3 rings (SSSR count). The van der Waals surface area contributed by atoms with Crippen LogP contribution in [-0.2, 0) is 15.6 Å².